The molecule has 3 N–H and O–H groups in total. The molecule has 0 saturated carbocycles. The maximum atomic E-state index is 12.9. The van der Waals surface area contributed by atoms with E-state index >= 15 is 0 Å². The fraction of sp³-hybridized carbons (Fsp3) is 0.167. The van der Waals surface area contributed by atoms with Gasteiger partial charge in [0.25, 0.3) is 5.91 Å². The van der Waals surface area contributed by atoms with E-state index in [0.29, 0.717) is 5.69 Å². The average molecular weight is 284 g/mol. The van der Waals surface area contributed by atoms with Gasteiger partial charge in [0.05, 0.1) is 28.7 Å². The molecular weight excluding hydrogens is 273 g/mol. The highest BCUT2D eigenvalue weighted by atomic mass is 19.4. The largest absolute Gasteiger partial charge is 0.418 e. The summed E-state index contributed by atoms with van der Waals surface area (Å²) in [5.41, 5.74) is -0.876. The van der Waals surface area contributed by atoms with Gasteiger partial charge in [-0.25, -0.2) is 0 Å². The van der Waals surface area contributed by atoms with Crippen LogP contribution in [0.3, 0.4) is 0 Å². The Hall–Kier alpha value is -2.51. The topological polar surface area (TPSA) is 69.8 Å². The minimum Gasteiger partial charge on any atom is -0.387 e. The molecule has 0 bridgehead atoms. The van der Waals surface area contributed by atoms with E-state index in [-0.39, 0.29) is 11.3 Å². The summed E-state index contributed by atoms with van der Waals surface area (Å²) in [6, 6.07) is 3.42. The van der Waals surface area contributed by atoms with Crippen molar-refractivity contribution in [3.8, 4) is 0 Å². The van der Waals surface area contributed by atoms with Crippen molar-refractivity contribution in [2.75, 3.05) is 17.7 Å². The third-order valence-electron chi connectivity index (χ3n) is 2.62. The number of benzene rings is 1. The number of hydrogen-bond acceptors (Lipinski definition) is 3. The van der Waals surface area contributed by atoms with Crippen molar-refractivity contribution < 1.29 is 18.0 Å². The number of aromatic nitrogens is 2. The van der Waals surface area contributed by atoms with Crippen LogP contribution in [-0.4, -0.2) is 23.2 Å². The summed E-state index contributed by atoms with van der Waals surface area (Å²) in [7, 11) is 1.33. The SMILES string of the molecule is CNc1c(C(=O)Nc2cn[nH]c2)cccc1C(F)(F)F. The first kappa shape index (κ1) is 13.9. The van der Waals surface area contributed by atoms with E-state index in [1.165, 1.54) is 31.6 Å². The third-order valence-corrected chi connectivity index (χ3v) is 2.62. The number of rotatable bonds is 3. The lowest BCUT2D eigenvalue weighted by Crippen LogP contribution is -2.17. The fourth-order valence-corrected chi connectivity index (χ4v) is 1.76. The van der Waals surface area contributed by atoms with E-state index in [1.807, 2.05) is 0 Å². The van der Waals surface area contributed by atoms with Crippen molar-refractivity contribution in [3.05, 3.63) is 41.7 Å². The Morgan fingerprint density at radius 3 is 2.65 bits per heavy atom. The first-order valence-electron chi connectivity index (χ1n) is 5.61. The summed E-state index contributed by atoms with van der Waals surface area (Å²) >= 11 is 0. The molecule has 0 aliphatic heterocycles. The molecule has 8 heteroatoms. The fourth-order valence-electron chi connectivity index (χ4n) is 1.76. The molecule has 0 fully saturated rings. The summed E-state index contributed by atoms with van der Waals surface area (Å²) < 4.78 is 38.6. The first-order valence-corrected chi connectivity index (χ1v) is 5.61. The van der Waals surface area contributed by atoms with Gasteiger partial charge < -0.3 is 10.6 Å². The van der Waals surface area contributed by atoms with Crippen LogP contribution in [0.15, 0.2) is 30.6 Å². The molecule has 2 aromatic rings. The number of anilines is 2. The molecule has 0 atom stereocenters. The minimum absolute atomic E-state index is 0.0940. The molecule has 0 radical (unpaired) electrons. The summed E-state index contributed by atoms with van der Waals surface area (Å²) in [5, 5.41) is 11.0. The van der Waals surface area contributed by atoms with E-state index in [1.54, 1.807) is 0 Å². The number of alkyl halides is 3. The molecule has 2 rings (SSSR count). The van der Waals surface area contributed by atoms with Crippen LogP contribution >= 0.6 is 0 Å². The van der Waals surface area contributed by atoms with Gasteiger partial charge in [0, 0.05) is 13.2 Å². The lowest BCUT2D eigenvalue weighted by Gasteiger charge is -2.15. The van der Waals surface area contributed by atoms with E-state index < -0.39 is 17.6 Å². The molecule has 1 aromatic carbocycles. The number of amides is 1. The molecular formula is C12H11F3N4O. The zero-order chi connectivity index (χ0) is 14.8. The zero-order valence-electron chi connectivity index (χ0n) is 10.4. The maximum Gasteiger partial charge on any atom is 0.418 e. The maximum absolute atomic E-state index is 12.9. The standard InChI is InChI=1S/C12H11F3N4O/c1-16-10-8(3-2-4-9(10)12(13,14)15)11(20)19-7-5-17-18-6-7/h2-6,16H,1H3,(H,17,18)(H,19,20). The van der Waals surface area contributed by atoms with Crippen molar-refractivity contribution in [1.82, 2.24) is 10.2 Å². The van der Waals surface area contributed by atoms with Crippen molar-refractivity contribution in [3.63, 3.8) is 0 Å². The number of H-pyrrole nitrogens is 1. The molecule has 1 amide bonds. The molecule has 1 aromatic heterocycles. The van der Waals surface area contributed by atoms with Gasteiger partial charge >= 0.3 is 6.18 Å². The Kier molecular flexibility index (Phi) is 3.64. The van der Waals surface area contributed by atoms with Gasteiger partial charge in [-0.1, -0.05) is 6.07 Å². The van der Waals surface area contributed by atoms with Gasteiger partial charge in [-0.05, 0) is 12.1 Å². The number of nitrogens with zero attached hydrogens (tertiary/aromatic N) is 1. The van der Waals surface area contributed by atoms with Crippen LogP contribution in [0.25, 0.3) is 0 Å². The van der Waals surface area contributed by atoms with Gasteiger partial charge in [0.15, 0.2) is 0 Å². The Morgan fingerprint density at radius 1 is 1.35 bits per heavy atom. The highest BCUT2D eigenvalue weighted by molar-refractivity contribution is 6.08. The molecule has 106 valence electrons. The number of aromatic amines is 1. The molecule has 20 heavy (non-hydrogen) atoms. The first-order chi connectivity index (χ1) is 9.43. The van der Waals surface area contributed by atoms with Crippen LogP contribution in [0.4, 0.5) is 24.5 Å². The number of nitrogens with one attached hydrogen (secondary N) is 3. The van der Waals surface area contributed by atoms with Crippen LogP contribution in [0.2, 0.25) is 0 Å². The number of halogens is 3. The average Bonchev–Trinajstić information content (AvgIpc) is 2.89. The van der Waals surface area contributed by atoms with Crippen molar-refractivity contribution >= 4 is 17.3 Å². The molecule has 0 aliphatic rings. The Morgan fingerprint density at radius 2 is 2.10 bits per heavy atom. The van der Waals surface area contributed by atoms with Crippen molar-refractivity contribution in [1.29, 1.82) is 0 Å². The molecule has 5 nitrogen and oxygen atoms in total. The summed E-state index contributed by atoms with van der Waals surface area (Å²) in [4.78, 5) is 12.0. The highest BCUT2D eigenvalue weighted by Gasteiger charge is 2.34. The number of para-hydroxylation sites is 1. The third kappa shape index (κ3) is 2.73. The zero-order valence-corrected chi connectivity index (χ0v) is 10.4. The van der Waals surface area contributed by atoms with E-state index in [2.05, 4.69) is 20.8 Å². The molecule has 1 heterocycles. The van der Waals surface area contributed by atoms with Crippen LogP contribution in [-0.2, 0) is 6.18 Å². The highest BCUT2D eigenvalue weighted by Crippen LogP contribution is 2.36. The number of hydrogen-bond donors (Lipinski definition) is 3. The Balaban J connectivity index is 2.39. The lowest BCUT2D eigenvalue weighted by molar-refractivity contribution is -0.136. The molecule has 0 saturated heterocycles. The lowest BCUT2D eigenvalue weighted by atomic mass is 10.1. The predicted octanol–water partition coefficient (Wildman–Crippen LogP) is 2.72. The van der Waals surface area contributed by atoms with Crippen molar-refractivity contribution in [2.45, 2.75) is 6.18 Å². The van der Waals surface area contributed by atoms with Gasteiger partial charge in [-0.3, -0.25) is 9.89 Å². The van der Waals surface area contributed by atoms with Gasteiger partial charge in [0.2, 0.25) is 0 Å². The second kappa shape index (κ2) is 5.24. The summed E-state index contributed by atoms with van der Waals surface area (Å²) in [5.74, 6) is -0.651. The Labute approximate surface area is 112 Å². The summed E-state index contributed by atoms with van der Waals surface area (Å²) in [6.45, 7) is 0. The van der Waals surface area contributed by atoms with Gasteiger partial charge in [-0.15, -0.1) is 0 Å². The normalized spacial score (nSPS) is 11.2. The van der Waals surface area contributed by atoms with Crippen LogP contribution in [0, 0.1) is 0 Å². The number of carbonyl (C=O) groups is 1. The van der Waals surface area contributed by atoms with Crippen LogP contribution < -0.4 is 10.6 Å². The van der Waals surface area contributed by atoms with E-state index in [0.717, 1.165) is 6.07 Å². The molecule has 0 unspecified atom stereocenters. The van der Waals surface area contributed by atoms with Gasteiger partial charge in [-0.2, -0.15) is 18.3 Å². The van der Waals surface area contributed by atoms with E-state index in [9.17, 15) is 18.0 Å². The molecule has 0 aliphatic carbocycles. The van der Waals surface area contributed by atoms with Crippen molar-refractivity contribution in [2.24, 2.45) is 0 Å². The minimum atomic E-state index is -4.54. The second-order valence-electron chi connectivity index (χ2n) is 3.92. The van der Waals surface area contributed by atoms with Crippen LogP contribution in [0.1, 0.15) is 15.9 Å². The van der Waals surface area contributed by atoms with Crippen LogP contribution in [0.5, 0.6) is 0 Å². The monoisotopic (exact) mass is 284 g/mol. The quantitative estimate of drug-likeness (QED) is 0.811. The smallest absolute Gasteiger partial charge is 0.387 e. The Bertz CT molecular complexity index is 608. The van der Waals surface area contributed by atoms with E-state index in [4.69, 9.17) is 0 Å². The summed E-state index contributed by atoms with van der Waals surface area (Å²) in [6.07, 6.45) is -1.76. The predicted molar refractivity (Wildman–Crippen MR) is 67.5 cm³/mol. The molecule has 0 spiro atoms. The van der Waals surface area contributed by atoms with Gasteiger partial charge in [0.1, 0.15) is 0 Å². The second-order valence-corrected chi connectivity index (χ2v) is 3.92. The number of carbonyl (C=O) groups excluding carboxylic acids is 1.